The normalized spacial score (nSPS) is 19.1. The first-order chi connectivity index (χ1) is 14.9. The fraction of sp³-hybridized carbons (Fsp3) is 0.480. The predicted molar refractivity (Wildman–Crippen MR) is 132 cm³/mol. The number of rotatable bonds is 5. The second-order valence-electron chi connectivity index (χ2n) is 10.1. The minimum Gasteiger partial charge on any atom is -0.507 e. The Morgan fingerprint density at radius 2 is 1.91 bits per heavy atom. The number of phenols is 1. The fourth-order valence-corrected chi connectivity index (χ4v) is 4.64. The summed E-state index contributed by atoms with van der Waals surface area (Å²) in [6.45, 7) is 16.8. The van der Waals surface area contributed by atoms with Crippen molar-refractivity contribution in [2.75, 3.05) is 7.05 Å². The lowest BCUT2D eigenvalue weighted by Crippen LogP contribution is -2.62. The highest BCUT2D eigenvalue weighted by atomic mass is 16.3. The molecule has 172 valence electrons. The molecule has 7 heteroatoms. The molecule has 7 nitrogen and oxygen atoms in total. The zero-order valence-electron chi connectivity index (χ0n) is 20.3. The standard InChI is InChI=1S/C25H36N6O/c1-9-22(21-11-10-19(12-23(21)32)31-16-17(2)15-26-31)28-27-18(3)30(8)20-13-24(4,5)29-25(6,7)14-20/h9-12,15-16,20,29,32H,1,13-14H2,2-8H3/b27-18+,28-22+. The third-order valence-electron chi connectivity index (χ3n) is 5.96. The van der Waals surface area contributed by atoms with Crippen molar-refractivity contribution in [1.29, 1.82) is 0 Å². The zero-order valence-corrected chi connectivity index (χ0v) is 20.3. The van der Waals surface area contributed by atoms with Crippen LogP contribution in [0, 0.1) is 6.92 Å². The molecule has 0 spiro atoms. The number of phenolic OH excluding ortho intramolecular Hbond substituents is 1. The molecule has 32 heavy (non-hydrogen) atoms. The molecule has 1 aromatic heterocycles. The van der Waals surface area contributed by atoms with Crippen LogP contribution in [0.25, 0.3) is 5.69 Å². The number of aromatic hydroxyl groups is 1. The molecular weight excluding hydrogens is 400 g/mol. The molecule has 1 aliphatic heterocycles. The van der Waals surface area contributed by atoms with Gasteiger partial charge in [0.25, 0.3) is 0 Å². The molecule has 0 unspecified atom stereocenters. The number of nitrogens with one attached hydrogen (secondary N) is 1. The van der Waals surface area contributed by atoms with Crippen LogP contribution >= 0.6 is 0 Å². The van der Waals surface area contributed by atoms with Gasteiger partial charge in [-0.3, -0.25) is 0 Å². The molecule has 0 amide bonds. The molecule has 1 aliphatic rings. The van der Waals surface area contributed by atoms with Crippen LogP contribution in [0.15, 0.2) is 53.5 Å². The molecule has 1 fully saturated rings. The molecule has 0 bridgehead atoms. The topological polar surface area (TPSA) is 78.0 Å². The Labute approximate surface area is 191 Å². The quantitative estimate of drug-likeness (QED) is 0.413. The SMILES string of the molecule is C=C/C(=N\N=C(/C)N(C)C1CC(C)(C)NC(C)(C)C1)c1ccc(-n2cc(C)cn2)cc1O. The number of piperidine rings is 1. The Morgan fingerprint density at radius 1 is 1.25 bits per heavy atom. The van der Waals surface area contributed by atoms with E-state index in [1.54, 1.807) is 23.0 Å². The van der Waals surface area contributed by atoms with E-state index in [2.05, 4.69) is 66.8 Å². The third-order valence-corrected chi connectivity index (χ3v) is 5.96. The number of nitrogens with zero attached hydrogens (tertiary/aromatic N) is 5. The van der Waals surface area contributed by atoms with Crippen molar-refractivity contribution < 1.29 is 5.11 Å². The van der Waals surface area contributed by atoms with Crippen LogP contribution in [0.2, 0.25) is 0 Å². The van der Waals surface area contributed by atoms with Crippen molar-refractivity contribution in [3.63, 3.8) is 0 Å². The number of amidine groups is 1. The van der Waals surface area contributed by atoms with E-state index in [9.17, 15) is 5.11 Å². The summed E-state index contributed by atoms with van der Waals surface area (Å²) in [7, 11) is 2.07. The summed E-state index contributed by atoms with van der Waals surface area (Å²) in [5, 5.41) is 27.5. The smallest absolute Gasteiger partial charge is 0.127 e. The van der Waals surface area contributed by atoms with Gasteiger partial charge in [0.15, 0.2) is 0 Å². The first-order valence-electron chi connectivity index (χ1n) is 11.0. The molecule has 2 heterocycles. The van der Waals surface area contributed by atoms with E-state index in [1.165, 1.54) is 0 Å². The lowest BCUT2D eigenvalue weighted by atomic mass is 9.79. The van der Waals surface area contributed by atoms with Crippen LogP contribution in [0.1, 0.15) is 58.6 Å². The summed E-state index contributed by atoms with van der Waals surface area (Å²) in [5.41, 5.74) is 3.03. The summed E-state index contributed by atoms with van der Waals surface area (Å²) >= 11 is 0. The number of allylic oxidation sites excluding steroid dienone is 1. The molecule has 1 saturated heterocycles. The van der Waals surface area contributed by atoms with Gasteiger partial charge in [0.05, 0.1) is 17.6 Å². The molecule has 2 N–H and O–H groups in total. The van der Waals surface area contributed by atoms with Crippen LogP contribution in [-0.4, -0.2) is 55.5 Å². The summed E-state index contributed by atoms with van der Waals surface area (Å²) in [5.74, 6) is 0.934. The van der Waals surface area contributed by atoms with Gasteiger partial charge in [-0.05, 0) is 78.2 Å². The monoisotopic (exact) mass is 436 g/mol. The Morgan fingerprint density at radius 3 is 2.44 bits per heavy atom. The maximum absolute atomic E-state index is 10.6. The predicted octanol–water partition coefficient (Wildman–Crippen LogP) is 4.44. The van der Waals surface area contributed by atoms with E-state index in [0.717, 1.165) is 29.9 Å². The van der Waals surface area contributed by atoms with Crippen LogP contribution in [0.5, 0.6) is 5.75 Å². The highest BCUT2D eigenvalue weighted by Crippen LogP contribution is 2.31. The minimum atomic E-state index is 0.0527. The van der Waals surface area contributed by atoms with Crippen molar-refractivity contribution in [1.82, 2.24) is 20.0 Å². The molecular formula is C25H36N6O. The summed E-state index contributed by atoms with van der Waals surface area (Å²) < 4.78 is 1.73. The van der Waals surface area contributed by atoms with E-state index in [1.807, 2.05) is 32.2 Å². The molecule has 2 aromatic rings. The Bertz CT molecular complexity index is 1030. The van der Waals surface area contributed by atoms with Crippen molar-refractivity contribution in [3.05, 3.63) is 54.4 Å². The van der Waals surface area contributed by atoms with Crippen molar-refractivity contribution in [2.24, 2.45) is 10.2 Å². The van der Waals surface area contributed by atoms with Crippen molar-refractivity contribution in [2.45, 2.75) is 71.5 Å². The van der Waals surface area contributed by atoms with Crippen LogP contribution in [0.3, 0.4) is 0 Å². The van der Waals surface area contributed by atoms with Gasteiger partial charge < -0.3 is 15.3 Å². The van der Waals surface area contributed by atoms with E-state index in [-0.39, 0.29) is 16.8 Å². The summed E-state index contributed by atoms with van der Waals surface area (Å²) in [6, 6.07) is 5.73. The van der Waals surface area contributed by atoms with Gasteiger partial charge in [0.1, 0.15) is 11.6 Å². The number of aromatic nitrogens is 2. The number of hydrogen-bond acceptors (Lipinski definition) is 5. The van der Waals surface area contributed by atoms with E-state index in [0.29, 0.717) is 17.3 Å². The van der Waals surface area contributed by atoms with Crippen molar-refractivity contribution in [3.8, 4) is 11.4 Å². The van der Waals surface area contributed by atoms with Gasteiger partial charge in [0.2, 0.25) is 0 Å². The Balaban J connectivity index is 1.82. The lowest BCUT2D eigenvalue weighted by Gasteiger charge is -2.49. The second kappa shape index (κ2) is 8.90. The maximum atomic E-state index is 10.6. The van der Waals surface area contributed by atoms with Gasteiger partial charge in [0, 0.05) is 42.0 Å². The average Bonchev–Trinajstić information content (AvgIpc) is 3.12. The van der Waals surface area contributed by atoms with Gasteiger partial charge in [-0.1, -0.05) is 6.58 Å². The number of aryl methyl sites for hydroxylation is 1. The van der Waals surface area contributed by atoms with Gasteiger partial charge in [-0.2, -0.15) is 5.10 Å². The zero-order chi connectivity index (χ0) is 23.7. The average molecular weight is 437 g/mol. The van der Waals surface area contributed by atoms with Gasteiger partial charge in [-0.15, -0.1) is 10.2 Å². The van der Waals surface area contributed by atoms with Crippen molar-refractivity contribution >= 4 is 11.5 Å². The fourth-order valence-electron chi connectivity index (χ4n) is 4.64. The Kier molecular flexibility index (Phi) is 6.60. The third kappa shape index (κ3) is 5.46. The summed E-state index contributed by atoms with van der Waals surface area (Å²) in [4.78, 5) is 2.21. The first kappa shape index (κ1) is 23.7. The maximum Gasteiger partial charge on any atom is 0.127 e. The molecule has 1 aromatic carbocycles. The van der Waals surface area contributed by atoms with E-state index >= 15 is 0 Å². The summed E-state index contributed by atoms with van der Waals surface area (Å²) in [6.07, 6.45) is 7.34. The van der Waals surface area contributed by atoms with E-state index < -0.39 is 0 Å². The molecule has 0 aliphatic carbocycles. The largest absolute Gasteiger partial charge is 0.507 e. The van der Waals surface area contributed by atoms with Crippen LogP contribution in [-0.2, 0) is 0 Å². The Hall–Kier alpha value is -2.93. The minimum absolute atomic E-state index is 0.0527. The van der Waals surface area contributed by atoms with Gasteiger partial charge >= 0.3 is 0 Å². The molecule has 0 radical (unpaired) electrons. The number of hydrogen-bond donors (Lipinski definition) is 2. The number of benzene rings is 1. The van der Waals surface area contributed by atoms with Gasteiger partial charge in [-0.25, -0.2) is 4.68 Å². The molecule has 3 rings (SSSR count). The second-order valence-corrected chi connectivity index (χ2v) is 10.1. The highest BCUT2D eigenvalue weighted by molar-refractivity contribution is 6.10. The van der Waals surface area contributed by atoms with Crippen LogP contribution in [0.4, 0.5) is 0 Å². The first-order valence-corrected chi connectivity index (χ1v) is 11.0. The molecule has 0 saturated carbocycles. The highest BCUT2D eigenvalue weighted by Gasteiger charge is 2.39. The molecule has 0 atom stereocenters. The van der Waals surface area contributed by atoms with Crippen LogP contribution < -0.4 is 5.32 Å². The van der Waals surface area contributed by atoms with E-state index in [4.69, 9.17) is 0 Å². The lowest BCUT2D eigenvalue weighted by molar-refractivity contribution is 0.113.